The number of nitrogens with one attached hydrogen (secondary N) is 1. The number of fused-ring (bicyclic) bond motifs is 3. The van der Waals surface area contributed by atoms with Crippen molar-refractivity contribution < 1.29 is 4.79 Å². The molecule has 3 unspecified atom stereocenters. The molecule has 0 aliphatic heterocycles. The summed E-state index contributed by atoms with van der Waals surface area (Å²) >= 11 is 0. The highest BCUT2D eigenvalue weighted by molar-refractivity contribution is 5.92. The molecule has 31 heavy (non-hydrogen) atoms. The van der Waals surface area contributed by atoms with E-state index in [1.165, 1.54) is 19.3 Å². The van der Waals surface area contributed by atoms with Crippen LogP contribution in [0.3, 0.4) is 0 Å². The first-order valence-corrected chi connectivity index (χ1v) is 11.2. The van der Waals surface area contributed by atoms with Crippen molar-refractivity contribution in [1.29, 1.82) is 0 Å². The van der Waals surface area contributed by atoms with E-state index in [0.717, 1.165) is 28.1 Å². The Bertz CT molecular complexity index is 1160. The van der Waals surface area contributed by atoms with Crippen molar-refractivity contribution in [2.45, 2.75) is 38.6 Å². The van der Waals surface area contributed by atoms with Gasteiger partial charge >= 0.3 is 0 Å². The molecule has 2 aliphatic rings. The molecule has 3 aromatic rings. The van der Waals surface area contributed by atoms with E-state index in [9.17, 15) is 9.59 Å². The van der Waals surface area contributed by atoms with E-state index in [-0.39, 0.29) is 11.5 Å². The smallest absolute Gasteiger partial charge is 0.294 e. The molecule has 1 aromatic heterocycles. The zero-order chi connectivity index (χ0) is 21.4. The van der Waals surface area contributed by atoms with Gasteiger partial charge in [0.05, 0.1) is 5.39 Å². The Kier molecular flexibility index (Phi) is 5.22. The predicted molar refractivity (Wildman–Crippen MR) is 122 cm³/mol. The van der Waals surface area contributed by atoms with Crippen LogP contribution in [0.2, 0.25) is 0 Å². The van der Waals surface area contributed by atoms with Crippen LogP contribution in [0.25, 0.3) is 10.8 Å². The van der Waals surface area contributed by atoms with Crippen LogP contribution in [0.4, 0.5) is 5.82 Å². The third kappa shape index (κ3) is 3.94. The normalized spacial score (nSPS) is 22.0. The zero-order valence-corrected chi connectivity index (χ0v) is 17.8. The molecule has 0 saturated heterocycles. The lowest BCUT2D eigenvalue weighted by Gasteiger charge is -2.22. The van der Waals surface area contributed by atoms with Crippen molar-refractivity contribution in [1.82, 2.24) is 9.89 Å². The van der Waals surface area contributed by atoms with Gasteiger partial charge < -0.3 is 4.90 Å². The second kappa shape index (κ2) is 8.17. The van der Waals surface area contributed by atoms with E-state index in [1.807, 2.05) is 48.3 Å². The molecule has 2 fully saturated rings. The number of amides is 1. The molecular formula is C25H28N4O2. The van der Waals surface area contributed by atoms with Crippen molar-refractivity contribution in [3.63, 3.8) is 0 Å². The number of carbonyl (C=O) groups excluding carboxylic acids is 1. The first kappa shape index (κ1) is 19.8. The van der Waals surface area contributed by atoms with Crippen LogP contribution in [-0.4, -0.2) is 22.8 Å². The number of nitrogens with zero attached hydrogens (tertiary/aromatic N) is 3. The molecule has 5 rings (SSSR count). The molecule has 6 heteroatoms. The lowest BCUT2D eigenvalue weighted by Crippen LogP contribution is -2.37. The van der Waals surface area contributed by atoms with Gasteiger partial charge in [0.2, 0.25) is 5.91 Å². The van der Waals surface area contributed by atoms with Gasteiger partial charge in [-0.2, -0.15) is 0 Å². The molecule has 2 saturated carbocycles. The monoisotopic (exact) mass is 416 g/mol. The van der Waals surface area contributed by atoms with Crippen LogP contribution in [0.5, 0.6) is 0 Å². The lowest BCUT2D eigenvalue weighted by atomic mass is 9.86. The first-order valence-electron chi connectivity index (χ1n) is 11.2. The maximum atomic E-state index is 13.0. The summed E-state index contributed by atoms with van der Waals surface area (Å²) in [6, 6.07) is 17.6. The Balaban J connectivity index is 1.42. The third-order valence-corrected chi connectivity index (χ3v) is 6.97. The molecule has 1 amide bonds. The highest BCUT2D eigenvalue weighted by Gasteiger charge is 2.40. The molecule has 0 spiro atoms. The molecule has 3 atom stereocenters. The zero-order valence-electron chi connectivity index (χ0n) is 17.8. The SMILES string of the molecule is CN(Cc1ccccc1)c1nn(NC(=O)CC2CC3CCC2C3)c(=O)c2ccccc12. The van der Waals surface area contributed by atoms with E-state index in [4.69, 9.17) is 0 Å². The summed E-state index contributed by atoms with van der Waals surface area (Å²) < 4.78 is 0. The Morgan fingerprint density at radius 2 is 1.81 bits per heavy atom. The minimum atomic E-state index is -0.297. The van der Waals surface area contributed by atoms with Gasteiger partial charge in [0.15, 0.2) is 5.82 Å². The first-order chi connectivity index (χ1) is 15.1. The van der Waals surface area contributed by atoms with Crippen LogP contribution in [-0.2, 0) is 11.3 Å². The molecule has 1 heterocycles. The van der Waals surface area contributed by atoms with Crippen LogP contribution in [0, 0.1) is 17.8 Å². The molecular weight excluding hydrogens is 388 g/mol. The van der Waals surface area contributed by atoms with Gasteiger partial charge in [-0.25, -0.2) is 5.43 Å². The number of benzene rings is 2. The Morgan fingerprint density at radius 1 is 1.06 bits per heavy atom. The van der Waals surface area contributed by atoms with Crippen LogP contribution in [0.15, 0.2) is 59.4 Å². The van der Waals surface area contributed by atoms with Gasteiger partial charge in [-0.3, -0.25) is 9.59 Å². The van der Waals surface area contributed by atoms with Gasteiger partial charge in [-0.15, -0.1) is 9.89 Å². The topological polar surface area (TPSA) is 67.2 Å². The number of carbonyl (C=O) groups is 1. The number of rotatable bonds is 6. The van der Waals surface area contributed by atoms with Gasteiger partial charge in [0.1, 0.15) is 0 Å². The molecule has 2 bridgehead atoms. The Hall–Kier alpha value is -3.15. The van der Waals surface area contributed by atoms with Crippen molar-refractivity contribution in [2.24, 2.45) is 17.8 Å². The minimum Gasteiger partial charge on any atom is -0.353 e. The van der Waals surface area contributed by atoms with Crippen LogP contribution >= 0.6 is 0 Å². The number of hydrogen-bond acceptors (Lipinski definition) is 4. The van der Waals surface area contributed by atoms with E-state index >= 15 is 0 Å². The molecule has 1 N–H and O–H groups in total. The largest absolute Gasteiger partial charge is 0.353 e. The second-order valence-electron chi connectivity index (χ2n) is 9.10. The van der Waals surface area contributed by atoms with Gasteiger partial charge in [0.25, 0.3) is 5.56 Å². The van der Waals surface area contributed by atoms with Crippen molar-refractivity contribution in [3.8, 4) is 0 Å². The van der Waals surface area contributed by atoms with Crippen molar-refractivity contribution >= 4 is 22.5 Å². The standard InChI is InChI=1S/C25H28N4O2/c1-28(16-17-7-3-2-4-8-17)24-21-9-5-6-10-22(21)25(31)29(27-24)26-23(30)15-20-14-18-11-12-19(20)13-18/h2-10,18-20H,11-16H2,1H3,(H,26,30). The highest BCUT2D eigenvalue weighted by atomic mass is 16.2. The van der Waals surface area contributed by atoms with E-state index < -0.39 is 0 Å². The molecule has 160 valence electrons. The quantitative estimate of drug-likeness (QED) is 0.661. The summed E-state index contributed by atoms with van der Waals surface area (Å²) in [6.45, 7) is 0.648. The van der Waals surface area contributed by atoms with E-state index in [2.05, 4.69) is 22.7 Å². The summed E-state index contributed by atoms with van der Waals surface area (Å²) in [5.74, 6) is 2.45. The average Bonchev–Trinajstić information content (AvgIpc) is 3.39. The molecule has 0 radical (unpaired) electrons. The predicted octanol–water partition coefficient (Wildman–Crippen LogP) is 3.93. The Morgan fingerprint density at radius 3 is 2.52 bits per heavy atom. The van der Waals surface area contributed by atoms with Crippen molar-refractivity contribution in [3.05, 3.63) is 70.5 Å². The maximum absolute atomic E-state index is 13.0. The van der Waals surface area contributed by atoms with Crippen LogP contribution in [0.1, 0.15) is 37.7 Å². The molecule has 2 aromatic carbocycles. The Labute approximate surface area is 181 Å². The summed E-state index contributed by atoms with van der Waals surface area (Å²) in [4.78, 5) is 29.0. The lowest BCUT2D eigenvalue weighted by molar-refractivity contribution is -0.118. The fourth-order valence-corrected chi connectivity index (χ4v) is 5.49. The molecule has 2 aliphatic carbocycles. The fourth-order valence-electron chi connectivity index (χ4n) is 5.49. The van der Waals surface area contributed by atoms with Gasteiger partial charge in [-0.1, -0.05) is 55.0 Å². The maximum Gasteiger partial charge on any atom is 0.294 e. The fraction of sp³-hybridized carbons (Fsp3) is 0.400. The van der Waals surface area contributed by atoms with Gasteiger partial charge in [-0.05, 0) is 48.6 Å². The number of aromatic nitrogens is 2. The number of anilines is 1. The van der Waals surface area contributed by atoms with Crippen LogP contribution < -0.4 is 15.9 Å². The average molecular weight is 417 g/mol. The van der Waals surface area contributed by atoms with Gasteiger partial charge in [0, 0.05) is 25.4 Å². The summed E-state index contributed by atoms with van der Waals surface area (Å²) in [7, 11) is 1.95. The third-order valence-electron chi connectivity index (χ3n) is 6.97. The molecule has 6 nitrogen and oxygen atoms in total. The second-order valence-corrected chi connectivity index (χ2v) is 9.10. The minimum absolute atomic E-state index is 0.126. The van der Waals surface area contributed by atoms with Crippen molar-refractivity contribution in [2.75, 3.05) is 17.4 Å². The highest BCUT2D eigenvalue weighted by Crippen LogP contribution is 2.49. The summed E-state index contributed by atoms with van der Waals surface area (Å²) in [6.07, 6.45) is 5.43. The number of hydrogen-bond donors (Lipinski definition) is 1. The van der Waals surface area contributed by atoms with E-state index in [1.54, 1.807) is 6.07 Å². The summed E-state index contributed by atoms with van der Waals surface area (Å²) in [5, 5.41) is 5.89. The summed E-state index contributed by atoms with van der Waals surface area (Å²) in [5.41, 5.74) is 3.63. The van der Waals surface area contributed by atoms with E-state index in [0.29, 0.717) is 36.0 Å².